The summed E-state index contributed by atoms with van der Waals surface area (Å²) < 4.78 is 39.6. The first-order valence-electron chi connectivity index (χ1n) is 5.44. The second-order valence-electron chi connectivity index (χ2n) is 4.36. The van der Waals surface area contributed by atoms with Gasteiger partial charge in [-0.2, -0.15) is 0 Å². The molecular weight excluding hydrogens is 259 g/mol. The van der Waals surface area contributed by atoms with Gasteiger partial charge in [0.15, 0.2) is 0 Å². The third-order valence-corrected chi connectivity index (χ3v) is 4.43. The van der Waals surface area contributed by atoms with E-state index in [1.165, 1.54) is 12.1 Å². The van der Waals surface area contributed by atoms with Crippen LogP contribution in [0.25, 0.3) is 0 Å². The Labute approximate surface area is 106 Å². The van der Waals surface area contributed by atoms with Crippen LogP contribution in [0.2, 0.25) is 0 Å². The molecule has 1 unspecified atom stereocenters. The van der Waals surface area contributed by atoms with Gasteiger partial charge < -0.3 is 10.8 Å². The van der Waals surface area contributed by atoms with Crippen molar-refractivity contribution in [2.45, 2.75) is 30.7 Å². The molecule has 0 spiro atoms. The second-order valence-corrected chi connectivity index (χ2v) is 6.04. The lowest BCUT2D eigenvalue weighted by Crippen LogP contribution is -2.48. The van der Waals surface area contributed by atoms with E-state index in [4.69, 9.17) is 5.73 Å². The van der Waals surface area contributed by atoms with E-state index >= 15 is 0 Å². The number of aliphatic hydroxyl groups excluding tert-OH is 1. The Balaban J connectivity index is 3.10. The second kappa shape index (κ2) is 5.21. The summed E-state index contributed by atoms with van der Waals surface area (Å²) >= 11 is 0. The zero-order chi connectivity index (χ0) is 14.0. The van der Waals surface area contributed by atoms with Crippen LogP contribution in [0.1, 0.15) is 20.3 Å². The predicted molar refractivity (Wildman–Crippen MR) is 66.9 cm³/mol. The van der Waals surface area contributed by atoms with E-state index in [0.29, 0.717) is 6.42 Å². The molecule has 1 aromatic rings. The monoisotopic (exact) mass is 276 g/mol. The fourth-order valence-corrected chi connectivity index (χ4v) is 2.76. The first-order chi connectivity index (χ1) is 8.24. The lowest BCUT2D eigenvalue weighted by Gasteiger charge is -2.26. The fraction of sp³-hybridized carbons (Fsp3) is 0.455. The van der Waals surface area contributed by atoms with Crippen LogP contribution in [-0.2, 0) is 10.0 Å². The van der Waals surface area contributed by atoms with Crippen molar-refractivity contribution in [3.05, 3.63) is 24.0 Å². The number of aliphatic hydroxyl groups is 1. The number of hydrogen-bond acceptors (Lipinski definition) is 4. The summed E-state index contributed by atoms with van der Waals surface area (Å²) in [6, 6.07) is 3.26. The molecule has 1 atom stereocenters. The number of sulfonamides is 1. The van der Waals surface area contributed by atoms with Gasteiger partial charge in [0.1, 0.15) is 5.82 Å². The van der Waals surface area contributed by atoms with Gasteiger partial charge in [0.05, 0.1) is 22.7 Å². The van der Waals surface area contributed by atoms with Crippen molar-refractivity contribution in [2.24, 2.45) is 0 Å². The zero-order valence-corrected chi connectivity index (χ0v) is 11.1. The Bertz CT molecular complexity index is 527. The number of nitrogen functional groups attached to an aromatic ring is 1. The van der Waals surface area contributed by atoms with E-state index in [-0.39, 0.29) is 17.2 Å². The number of nitrogens with two attached hydrogens (primary N) is 1. The van der Waals surface area contributed by atoms with E-state index in [1.54, 1.807) is 13.8 Å². The molecule has 0 aliphatic heterocycles. The largest absolute Gasteiger partial charge is 0.396 e. The summed E-state index contributed by atoms with van der Waals surface area (Å²) in [7, 11) is -3.89. The molecule has 0 aromatic heterocycles. The lowest BCUT2D eigenvalue weighted by molar-refractivity contribution is 0.191. The number of hydrogen-bond donors (Lipinski definition) is 3. The molecule has 0 heterocycles. The molecule has 0 aliphatic carbocycles. The molecule has 102 valence electrons. The van der Waals surface area contributed by atoms with Crippen LogP contribution in [0.4, 0.5) is 10.1 Å². The number of anilines is 1. The molecule has 0 aliphatic rings. The average molecular weight is 276 g/mol. The highest BCUT2D eigenvalue weighted by Crippen LogP contribution is 2.19. The summed E-state index contributed by atoms with van der Waals surface area (Å²) in [4.78, 5) is -0.220. The van der Waals surface area contributed by atoms with Gasteiger partial charge in [-0.15, -0.1) is 0 Å². The average Bonchev–Trinajstić information content (AvgIpc) is 2.32. The molecule has 5 nitrogen and oxygen atoms in total. The minimum atomic E-state index is -3.89. The van der Waals surface area contributed by atoms with Crippen molar-refractivity contribution in [2.75, 3.05) is 12.3 Å². The smallest absolute Gasteiger partial charge is 0.241 e. The topological polar surface area (TPSA) is 92.4 Å². The van der Waals surface area contributed by atoms with Crippen molar-refractivity contribution < 1.29 is 17.9 Å². The Morgan fingerprint density at radius 2 is 2.11 bits per heavy atom. The lowest BCUT2D eigenvalue weighted by atomic mass is 10.0. The molecule has 1 rings (SSSR count). The van der Waals surface area contributed by atoms with Crippen LogP contribution in [0.3, 0.4) is 0 Å². The molecule has 0 radical (unpaired) electrons. The molecule has 0 saturated heterocycles. The number of halogens is 1. The maximum absolute atomic E-state index is 13.2. The van der Waals surface area contributed by atoms with Gasteiger partial charge in [-0.3, -0.25) is 0 Å². The van der Waals surface area contributed by atoms with Crippen molar-refractivity contribution >= 4 is 15.7 Å². The maximum Gasteiger partial charge on any atom is 0.241 e. The van der Waals surface area contributed by atoms with Gasteiger partial charge in [0.25, 0.3) is 0 Å². The van der Waals surface area contributed by atoms with Crippen LogP contribution >= 0.6 is 0 Å². The van der Waals surface area contributed by atoms with Gasteiger partial charge in [-0.05, 0) is 31.5 Å². The molecule has 7 heteroatoms. The van der Waals surface area contributed by atoms with Gasteiger partial charge in [0, 0.05) is 0 Å². The van der Waals surface area contributed by atoms with Crippen LogP contribution in [0, 0.1) is 5.82 Å². The van der Waals surface area contributed by atoms with Gasteiger partial charge in [-0.1, -0.05) is 6.92 Å². The summed E-state index contributed by atoms with van der Waals surface area (Å²) in [5.74, 6) is -0.792. The van der Waals surface area contributed by atoms with Crippen molar-refractivity contribution in [3.8, 4) is 0 Å². The highest BCUT2D eigenvalue weighted by atomic mass is 32.2. The number of rotatable bonds is 5. The van der Waals surface area contributed by atoms with Crippen molar-refractivity contribution in [1.82, 2.24) is 4.72 Å². The molecule has 0 bridgehead atoms. The molecular formula is C11H17FN2O3S. The highest BCUT2D eigenvalue weighted by Gasteiger charge is 2.28. The number of benzene rings is 1. The molecule has 1 aromatic carbocycles. The van der Waals surface area contributed by atoms with Gasteiger partial charge in [-0.25, -0.2) is 17.5 Å². The third kappa shape index (κ3) is 3.18. The van der Waals surface area contributed by atoms with Crippen LogP contribution in [0.5, 0.6) is 0 Å². The minimum Gasteiger partial charge on any atom is -0.396 e. The van der Waals surface area contributed by atoms with Crippen LogP contribution in [0.15, 0.2) is 23.1 Å². The first kappa shape index (κ1) is 14.9. The van der Waals surface area contributed by atoms with E-state index in [1.807, 2.05) is 0 Å². The Hall–Kier alpha value is -1.18. The Morgan fingerprint density at radius 3 is 2.56 bits per heavy atom. The van der Waals surface area contributed by atoms with Gasteiger partial charge in [0.2, 0.25) is 10.0 Å². The van der Waals surface area contributed by atoms with Crippen LogP contribution in [-0.4, -0.2) is 25.7 Å². The Morgan fingerprint density at radius 1 is 1.50 bits per heavy atom. The summed E-state index contributed by atoms with van der Waals surface area (Å²) in [6.45, 7) is 2.96. The third-order valence-electron chi connectivity index (χ3n) is 2.79. The van der Waals surface area contributed by atoms with Gasteiger partial charge >= 0.3 is 0 Å². The van der Waals surface area contributed by atoms with Crippen molar-refractivity contribution in [3.63, 3.8) is 0 Å². The standard InChI is InChI=1S/C11H17FN2O3S/c1-3-11(2,7-15)14-18(16,17)8-4-5-10(13)9(12)6-8/h4-6,14-15H,3,7,13H2,1-2H3. The quantitative estimate of drug-likeness (QED) is 0.695. The van der Waals surface area contributed by atoms with E-state index < -0.39 is 21.4 Å². The Kier molecular flexibility index (Phi) is 4.31. The summed E-state index contributed by atoms with van der Waals surface area (Å²) in [5.41, 5.74) is 4.19. The minimum absolute atomic E-state index is 0.116. The molecule has 4 N–H and O–H groups in total. The first-order valence-corrected chi connectivity index (χ1v) is 6.92. The highest BCUT2D eigenvalue weighted by molar-refractivity contribution is 7.89. The summed E-state index contributed by atoms with van der Waals surface area (Å²) in [6.07, 6.45) is 0.403. The van der Waals surface area contributed by atoms with E-state index in [0.717, 1.165) is 6.07 Å². The number of nitrogens with one attached hydrogen (secondary N) is 1. The SMILES string of the molecule is CCC(C)(CO)NS(=O)(=O)c1ccc(N)c(F)c1. The van der Waals surface area contributed by atoms with E-state index in [2.05, 4.69) is 4.72 Å². The molecule has 0 saturated carbocycles. The predicted octanol–water partition coefficient (Wildman–Crippen LogP) is 0.847. The molecule has 18 heavy (non-hydrogen) atoms. The van der Waals surface area contributed by atoms with E-state index in [9.17, 15) is 17.9 Å². The zero-order valence-electron chi connectivity index (χ0n) is 10.3. The van der Waals surface area contributed by atoms with Crippen LogP contribution < -0.4 is 10.5 Å². The van der Waals surface area contributed by atoms with Crippen molar-refractivity contribution in [1.29, 1.82) is 0 Å². The normalized spacial score (nSPS) is 15.3. The molecule has 0 fully saturated rings. The summed E-state index contributed by atoms with van der Waals surface area (Å²) in [5, 5.41) is 9.17. The fourth-order valence-electron chi connectivity index (χ4n) is 1.27. The molecule has 0 amide bonds. The maximum atomic E-state index is 13.2.